The Morgan fingerprint density at radius 3 is 2.32 bits per heavy atom. The van der Waals surface area contributed by atoms with Gasteiger partial charge in [-0.15, -0.1) is 0 Å². The van der Waals surface area contributed by atoms with Crippen LogP contribution in [-0.2, 0) is 20.9 Å². The number of hydrogen-bond donors (Lipinski definition) is 0. The van der Waals surface area contributed by atoms with Crippen molar-refractivity contribution in [2.45, 2.75) is 51.7 Å². The van der Waals surface area contributed by atoms with Gasteiger partial charge in [-0.3, -0.25) is 9.69 Å². The summed E-state index contributed by atoms with van der Waals surface area (Å²) in [7, 11) is 0. The molecule has 1 spiro atoms. The number of ether oxygens (including phenoxy) is 1. The summed E-state index contributed by atoms with van der Waals surface area (Å²) in [6.45, 7) is 8.98. The van der Waals surface area contributed by atoms with E-state index in [9.17, 15) is 9.59 Å². The van der Waals surface area contributed by atoms with Crippen molar-refractivity contribution in [2.75, 3.05) is 31.3 Å². The Bertz CT molecular complexity index is 1250. The molecule has 6 nitrogen and oxygen atoms in total. The third-order valence-electron chi connectivity index (χ3n) is 7.99. The largest absolute Gasteiger partial charge is 0.464 e. The molecule has 2 heterocycles. The zero-order chi connectivity index (χ0) is 26.0. The van der Waals surface area contributed by atoms with Crippen LogP contribution in [0.15, 0.2) is 72.8 Å². The monoisotopic (exact) mass is 499 g/mol. The van der Waals surface area contributed by atoms with Gasteiger partial charge in [-0.25, -0.2) is 4.79 Å². The Hall–Kier alpha value is -3.38. The molecule has 3 aromatic carbocycles. The van der Waals surface area contributed by atoms with E-state index in [1.165, 1.54) is 16.3 Å². The summed E-state index contributed by atoms with van der Waals surface area (Å²) in [5, 5.41) is 2.54. The Morgan fingerprint density at radius 2 is 1.62 bits per heavy atom. The lowest BCUT2D eigenvalue weighted by Crippen LogP contribution is -2.57. The number of esters is 1. The maximum absolute atomic E-state index is 14.2. The van der Waals surface area contributed by atoms with Gasteiger partial charge in [0, 0.05) is 25.3 Å². The number of anilines is 1. The van der Waals surface area contributed by atoms with Gasteiger partial charge in [0.2, 0.25) is 0 Å². The standard InChI is InChI=1S/C31H37N3O3/c1-4-37-29(35)28(23(2)3)33-22-34(26-14-6-5-7-15-26)31(30(33)36)17-19-32(20-18-31)21-25-13-10-12-24-11-8-9-16-27(24)25/h5-16,23,28H,4,17-22H2,1-3H3. The predicted octanol–water partition coefficient (Wildman–Crippen LogP) is 5.07. The van der Waals surface area contributed by atoms with E-state index in [0.717, 1.165) is 38.2 Å². The molecule has 0 radical (unpaired) electrons. The molecule has 2 aliphatic heterocycles. The van der Waals surface area contributed by atoms with Gasteiger partial charge in [-0.1, -0.05) is 74.5 Å². The van der Waals surface area contributed by atoms with E-state index in [1.54, 1.807) is 4.90 Å². The summed E-state index contributed by atoms with van der Waals surface area (Å²) in [5.74, 6) is -0.306. The molecule has 0 aliphatic carbocycles. The van der Waals surface area contributed by atoms with E-state index in [1.807, 2.05) is 39.0 Å². The second-order valence-corrected chi connectivity index (χ2v) is 10.6. The molecule has 1 atom stereocenters. The summed E-state index contributed by atoms with van der Waals surface area (Å²) in [6, 6.07) is 24.6. The van der Waals surface area contributed by atoms with Gasteiger partial charge in [-0.2, -0.15) is 0 Å². The summed E-state index contributed by atoms with van der Waals surface area (Å²) < 4.78 is 5.40. The van der Waals surface area contributed by atoms with Crippen LogP contribution in [0.2, 0.25) is 0 Å². The van der Waals surface area contributed by atoms with Gasteiger partial charge < -0.3 is 14.5 Å². The van der Waals surface area contributed by atoms with Crippen molar-refractivity contribution in [2.24, 2.45) is 5.92 Å². The summed E-state index contributed by atoms with van der Waals surface area (Å²) in [5.41, 5.74) is 1.68. The van der Waals surface area contributed by atoms with Gasteiger partial charge in [0.15, 0.2) is 0 Å². The number of piperidine rings is 1. The van der Waals surface area contributed by atoms with E-state index in [-0.39, 0.29) is 17.8 Å². The van der Waals surface area contributed by atoms with Crippen molar-refractivity contribution >= 4 is 28.3 Å². The molecule has 2 aliphatic rings. The number of para-hydroxylation sites is 1. The molecule has 2 saturated heterocycles. The molecule has 0 bridgehead atoms. The maximum Gasteiger partial charge on any atom is 0.329 e. The summed E-state index contributed by atoms with van der Waals surface area (Å²) >= 11 is 0. The van der Waals surface area contributed by atoms with Crippen molar-refractivity contribution in [1.82, 2.24) is 9.80 Å². The fourth-order valence-electron chi connectivity index (χ4n) is 6.11. The second-order valence-electron chi connectivity index (χ2n) is 10.6. The number of carbonyl (C=O) groups is 2. The van der Waals surface area contributed by atoms with Crippen molar-refractivity contribution in [3.63, 3.8) is 0 Å². The minimum atomic E-state index is -0.657. The summed E-state index contributed by atoms with van der Waals surface area (Å²) in [6.07, 6.45) is 1.44. The first-order valence-electron chi connectivity index (χ1n) is 13.4. The van der Waals surface area contributed by atoms with Gasteiger partial charge in [0.1, 0.15) is 11.6 Å². The molecule has 2 fully saturated rings. The van der Waals surface area contributed by atoms with Gasteiger partial charge in [0.05, 0.1) is 13.3 Å². The van der Waals surface area contributed by atoms with Crippen LogP contribution in [0.3, 0.4) is 0 Å². The highest BCUT2D eigenvalue weighted by molar-refractivity contribution is 5.96. The zero-order valence-electron chi connectivity index (χ0n) is 22.1. The van der Waals surface area contributed by atoms with E-state index in [2.05, 4.69) is 64.4 Å². The van der Waals surface area contributed by atoms with E-state index in [4.69, 9.17) is 4.74 Å². The van der Waals surface area contributed by atoms with Crippen LogP contribution >= 0.6 is 0 Å². The van der Waals surface area contributed by atoms with Crippen LogP contribution in [0.1, 0.15) is 39.2 Å². The van der Waals surface area contributed by atoms with Crippen LogP contribution in [-0.4, -0.2) is 59.6 Å². The SMILES string of the molecule is CCOC(=O)C(C(C)C)N1CN(c2ccccc2)C2(CCN(Cc3cccc4ccccc34)CC2)C1=O. The smallest absolute Gasteiger partial charge is 0.329 e. The molecule has 37 heavy (non-hydrogen) atoms. The molecule has 6 heteroatoms. The van der Waals surface area contributed by atoms with E-state index >= 15 is 0 Å². The van der Waals surface area contributed by atoms with Crippen LogP contribution < -0.4 is 4.90 Å². The Labute approximate surface area is 219 Å². The Morgan fingerprint density at radius 1 is 0.946 bits per heavy atom. The van der Waals surface area contributed by atoms with E-state index < -0.39 is 11.6 Å². The minimum absolute atomic E-state index is 0.0396. The highest BCUT2D eigenvalue weighted by Gasteiger charge is 2.56. The average Bonchev–Trinajstić information content (AvgIpc) is 3.17. The molecule has 5 rings (SSSR count). The number of likely N-dealkylation sites (tertiary alicyclic amines) is 1. The first-order valence-corrected chi connectivity index (χ1v) is 13.4. The number of hydrogen-bond acceptors (Lipinski definition) is 5. The fourth-order valence-corrected chi connectivity index (χ4v) is 6.11. The highest BCUT2D eigenvalue weighted by atomic mass is 16.5. The topological polar surface area (TPSA) is 53.1 Å². The van der Waals surface area contributed by atoms with Crippen molar-refractivity contribution in [3.8, 4) is 0 Å². The lowest BCUT2D eigenvalue weighted by molar-refractivity contribution is -0.156. The lowest BCUT2D eigenvalue weighted by Gasteiger charge is -2.43. The minimum Gasteiger partial charge on any atom is -0.464 e. The number of rotatable bonds is 7. The number of nitrogens with zero attached hydrogens (tertiary/aromatic N) is 3. The molecule has 1 unspecified atom stereocenters. The number of benzene rings is 3. The van der Waals surface area contributed by atoms with Crippen molar-refractivity contribution in [1.29, 1.82) is 0 Å². The molecule has 0 aromatic heterocycles. The zero-order valence-corrected chi connectivity index (χ0v) is 22.1. The average molecular weight is 500 g/mol. The van der Waals surface area contributed by atoms with Crippen molar-refractivity contribution < 1.29 is 14.3 Å². The maximum atomic E-state index is 14.2. The van der Waals surface area contributed by atoms with Gasteiger partial charge in [0.25, 0.3) is 5.91 Å². The quantitative estimate of drug-likeness (QED) is 0.425. The first kappa shape index (κ1) is 25.3. The normalized spacial score (nSPS) is 18.6. The number of carbonyl (C=O) groups excluding carboxylic acids is 2. The molecule has 1 amide bonds. The first-order chi connectivity index (χ1) is 17.9. The Balaban J connectivity index is 1.41. The lowest BCUT2D eigenvalue weighted by atomic mass is 9.84. The number of amides is 1. The van der Waals surface area contributed by atoms with Gasteiger partial charge >= 0.3 is 5.97 Å². The molecule has 0 saturated carbocycles. The third kappa shape index (κ3) is 4.71. The Kier molecular flexibility index (Phi) is 7.20. The van der Waals surface area contributed by atoms with Gasteiger partial charge in [-0.05, 0) is 54.2 Å². The molecule has 3 aromatic rings. The number of fused-ring (bicyclic) bond motifs is 1. The van der Waals surface area contributed by atoms with Crippen LogP contribution in [0.25, 0.3) is 10.8 Å². The van der Waals surface area contributed by atoms with Crippen LogP contribution in [0, 0.1) is 5.92 Å². The van der Waals surface area contributed by atoms with Crippen LogP contribution in [0.5, 0.6) is 0 Å². The molecular formula is C31H37N3O3. The predicted molar refractivity (Wildman–Crippen MR) is 147 cm³/mol. The molecular weight excluding hydrogens is 462 g/mol. The highest BCUT2D eigenvalue weighted by Crippen LogP contribution is 2.41. The second kappa shape index (κ2) is 10.5. The van der Waals surface area contributed by atoms with E-state index in [0.29, 0.717) is 13.3 Å². The molecule has 194 valence electrons. The van der Waals surface area contributed by atoms with Crippen LogP contribution in [0.4, 0.5) is 5.69 Å². The molecule has 0 N–H and O–H groups in total. The summed E-state index contributed by atoms with van der Waals surface area (Å²) in [4.78, 5) is 33.6. The fraction of sp³-hybridized carbons (Fsp3) is 0.419. The van der Waals surface area contributed by atoms with Crippen molar-refractivity contribution in [3.05, 3.63) is 78.4 Å². The third-order valence-corrected chi connectivity index (χ3v) is 7.99.